The minimum Gasteiger partial charge on any atom is -0.343 e. The first-order valence-corrected chi connectivity index (χ1v) is 11.5. The van der Waals surface area contributed by atoms with Crippen molar-refractivity contribution in [3.63, 3.8) is 0 Å². The predicted octanol–water partition coefficient (Wildman–Crippen LogP) is 3.92. The first-order valence-electron chi connectivity index (χ1n) is 10.7. The molecule has 6 nitrogen and oxygen atoms in total. The summed E-state index contributed by atoms with van der Waals surface area (Å²) in [6.45, 7) is 7.09. The Labute approximate surface area is 198 Å². The Morgan fingerprint density at radius 2 is 1.69 bits per heavy atom. The van der Waals surface area contributed by atoms with Crippen molar-refractivity contribution in [1.29, 1.82) is 0 Å². The van der Waals surface area contributed by atoms with Crippen LogP contribution in [0.2, 0.25) is 10.0 Å². The second kappa shape index (κ2) is 10.5. The number of benzene rings is 2. The second-order valence-electron chi connectivity index (χ2n) is 8.10. The lowest BCUT2D eigenvalue weighted by molar-refractivity contribution is -0.121. The lowest BCUT2D eigenvalue weighted by atomic mass is 10.2. The van der Waals surface area contributed by atoms with E-state index in [2.05, 4.69) is 20.2 Å². The quantitative estimate of drug-likeness (QED) is 0.567. The summed E-state index contributed by atoms with van der Waals surface area (Å²) in [5, 5.41) is 8.80. The molecule has 2 heterocycles. The molecule has 1 saturated heterocycles. The molecule has 1 aromatic heterocycles. The van der Waals surface area contributed by atoms with E-state index in [9.17, 15) is 4.79 Å². The molecule has 0 spiro atoms. The number of aromatic nitrogens is 2. The summed E-state index contributed by atoms with van der Waals surface area (Å²) in [6.07, 6.45) is 0.276. The molecule has 168 valence electrons. The SMILES string of the molecule is Cc1cc(CC(=O)NCN2CCN(Cc3ccc(Cl)c(Cl)c3)CC2)nn1-c1ccccc1. The molecule has 4 rings (SSSR count). The summed E-state index contributed by atoms with van der Waals surface area (Å²) in [5.74, 6) is -0.0130. The van der Waals surface area contributed by atoms with E-state index in [0.29, 0.717) is 16.7 Å². The van der Waals surface area contributed by atoms with Crippen LogP contribution in [0, 0.1) is 6.92 Å². The number of rotatable bonds is 7. The Hall–Kier alpha value is -2.38. The molecule has 2 aromatic carbocycles. The largest absolute Gasteiger partial charge is 0.343 e. The first-order chi connectivity index (χ1) is 15.5. The van der Waals surface area contributed by atoms with Gasteiger partial charge in [0, 0.05) is 38.4 Å². The third-order valence-electron chi connectivity index (χ3n) is 5.64. The van der Waals surface area contributed by atoms with Gasteiger partial charge in [0.25, 0.3) is 0 Å². The van der Waals surface area contributed by atoms with E-state index in [-0.39, 0.29) is 12.3 Å². The maximum absolute atomic E-state index is 12.5. The van der Waals surface area contributed by atoms with Gasteiger partial charge in [0.1, 0.15) is 0 Å². The fraction of sp³-hybridized carbons (Fsp3) is 0.333. The maximum Gasteiger partial charge on any atom is 0.227 e. The fourth-order valence-corrected chi connectivity index (χ4v) is 4.20. The van der Waals surface area contributed by atoms with Crippen LogP contribution < -0.4 is 5.32 Å². The van der Waals surface area contributed by atoms with Crippen molar-refractivity contribution in [2.75, 3.05) is 32.8 Å². The third kappa shape index (κ3) is 5.90. The van der Waals surface area contributed by atoms with E-state index in [1.807, 2.05) is 66.2 Å². The van der Waals surface area contributed by atoms with E-state index in [1.54, 1.807) is 0 Å². The average molecular weight is 472 g/mol. The van der Waals surface area contributed by atoms with Gasteiger partial charge in [-0.05, 0) is 42.8 Å². The van der Waals surface area contributed by atoms with Gasteiger partial charge < -0.3 is 5.32 Å². The number of nitrogens with zero attached hydrogens (tertiary/aromatic N) is 4. The molecule has 1 fully saturated rings. The van der Waals surface area contributed by atoms with Crippen molar-refractivity contribution in [3.8, 4) is 5.69 Å². The van der Waals surface area contributed by atoms with E-state index in [1.165, 1.54) is 0 Å². The zero-order chi connectivity index (χ0) is 22.5. The van der Waals surface area contributed by atoms with Crippen LogP contribution in [0.4, 0.5) is 0 Å². The van der Waals surface area contributed by atoms with Crippen molar-refractivity contribution in [2.24, 2.45) is 0 Å². The van der Waals surface area contributed by atoms with Gasteiger partial charge in [-0.1, -0.05) is 47.5 Å². The van der Waals surface area contributed by atoms with Gasteiger partial charge in [0.15, 0.2) is 0 Å². The normalized spacial score (nSPS) is 15.1. The highest BCUT2D eigenvalue weighted by molar-refractivity contribution is 6.42. The van der Waals surface area contributed by atoms with Crippen molar-refractivity contribution in [3.05, 3.63) is 81.6 Å². The van der Waals surface area contributed by atoms with Crippen LogP contribution in [0.1, 0.15) is 17.0 Å². The Morgan fingerprint density at radius 1 is 0.969 bits per heavy atom. The molecule has 1 amide bonds. The molecule has 1 N–H and O–H groups in total. The van der Waals surface area contributed by atoms with Crippen LogP contribution in [0.5, 0.6) is 0 Å². The predicted molar refractivity (Wildman–Crippen MR) is 128 cm³/mol. The molecule has 8 heteroatoms. The summed E-state index contributed by atoms with van der Waals surface area (Å²) in [5.41, 5.74) is 3.94. The zero-order valence-electron chi connectivity index (χ0n) is 18.1. The number of nitrogens with one attached hydrogen (secondary N) is 1. The van der Waals surface area contributed by atoms with Crippen molar-refractivity contribution < 1.29 is 4.79 Å². The molecular formula is C24H27Cl2N5O. The number of piperazine rings is 1. The van der Waals surface area contributed by atoms with E-state index >= 15 is 0 Å². The lowest BCUT2D eigenvalue weighted by Gasteiger charge is -2.34. The van der Waals surface area contributed by atoms with Crippen molar-refractivity contribution in [2.45, 2.75) is 19.9 Å². The Morgan fingerprint density at radius 3 is 2.41 bits per heavy atom. The minimum absolute atomic E-state index is 0.0130. The highest BCUT2D eigenvalue weighted by Gasteiger charge is 2.18. The Balaban J connectivity index is 1.21. The van der Waals surface area contributed by atoms with Crippen LogP contribution in [-0.4, -0.2) is 58.3 Å². The fourth-order valence-electron chi connectivity index (χ4n) is 3.88. The number of hydrogen-bond acceptors (Lipinski definition) is 4. The molecule has 0 aliphatic carbocycles. The lowest BCUT2D eigenvalue weighted by Crippen LogP contribution is -2.49. The van der Waals surface area contributed by atoms with Gasteiger partial charge in [-0.15, -0.1) is 0 Å². The van der Waals surface area contributed by atoms with E-state index in [4.69, 9.17) is 23.2 Å². The second-order valence-corrected chi connectivity index (χ2v) is 8.92. The molecular weight excluding hydrogens is 445 g/mol. The van der Waals surface area contributed by atoms with Gasteiger partial charge in [-0.3, -0.25) is 14.6 Å². The highest BCUT2D eigenvalue weighted by atomic mass is 35.5. The Bertz CT molecular complexity index is 1060. The summed E-state index contributed by atoms with van der Waals surface area (Å²) >= 11 is 12.1. The monoisotopic (exact) mass is 471 g/mol. The number of carbonyl (C=O) groups excluding carboxylic acids is 1. The molecule has 0 saturated carbocycles. The third-order valence-corrected chi connectivity index (χ3v) is 6.37. The Kier molecular flexibility index (Phi) is 7.48. The molecule has 1 aliphatic rings. The van der Waals surface area contributed by atoms with Gasteiger partial charge in [0.05, 0.1) is 34.5 Å². The summed E-state index contributed by atoms with van der Waals surface area (Å²) < 4.78 is 1.87. The maximum atomic E-state index is 12.5. The molecule has 3 aromatic rings. The summed E-state index contributed by atoms with van der Waals surface area (Å²) in [6, 6.07) is 17.7. The minimum atomic E-state index is -0.0130. The number of para-hydroxylation sites is 1. The molecule has 32 heavy (non-hydrogen) atoms. The molecule has 1 aliphatic heterocycles. The van der Waals surface area contributed by atoms with Crippen LogP contribution in [0.25, 0.3) is 5.69 Å². The molecule has 0 radical (unpaired) electrons. The van der Waals surface area contributed by atoms with Gasteiger partial charge in [-0.2, -0.15) is 5.10 Å². The van der Waals surface area contributed by atoms with E-state index < -0.39 is 0 Å². The van der Waals surface area contributed by atoms with Gasteiger partial charge in [-0.25, -0.2) is 4.68 Å². The standard InChI is InChI=1S/C24H27Cl2N5O/c1-18-13-20(28-31(18)21-5-3-2-4-6-21)15-24(32)27-17-30-11-9-29(10-12-30)16-19-7-8-22(25)23(26)14-19/h2-8,13-14H,9-12,15-17H2,1H3,(H,27,32). The van der Waals surface area contributed by atoms with Gasteiger partial charge in [0.2, 0.25) is 5.91 Å². The summed E-state index contributed by atoms with van der Waals surface area (Å²) in [4.78, 5) is 17.1. The van der Waals surface area contributed by atoms with Gasteiger partial charge >= 0.3 is 0 Å². The number of amides is 1. The molecule has 0 atom stereocenters. The average Bonchev–Trinajstić information content (AvgIpc) is 3.16. The number of carbonyl (C=O) groups is 1. The summed E-state index contributed by atoms with van der Waals surface area (Å²) in [7, 11) is 0. The first kappa shape index (κ1) is 22.8. The molecule has 0 bridgehead atoms. The van der Waals surface area contributed by atoms with Crippen molar-refractivity contribution >= 4 is 29.1 Å². The van der Waals surface area contributed by atoms with Crippen LogP contribution in [-0.2, 0) is 17.8 Å². The van der Waals surface area contributed by atoms with Crippen LogP contribution in [0.3, 0.4) is 0 Å². The zero-order valence-corrected chi connectivity index (χ0v) is 19.6. The smallest absolute Gasteiger partial charge is 0.227 e. The number of hydrogen-bond donors (Lipinski definition) is 1. The number of halogens is 2. The molecule has 0 unspecified atom stereocenters. The number of aryl methyl sites for hydroxylation is 1. The highest BCUT2D eigenvalue weighted by Crippen LogP contribution is 2.23. The van der Waals surface area contributed by atoms with E-state index in [0.717, 1.165) is 55.4 Å². The van der Waals surface area contributed by atoms with Crippen LogP contribution >= 0.6 is 23.2 Å². The van der Waals surface area contributed by atoms with Crippen molar-refractivity contribution in [1.82, 2.24) is 24.9 Å². The topological polar surface area (TPSA) is 53.4 Å². The van der Waals surface area contributed by atoms with Crippen LogP contribution in [0.15, 0.2) is 54.6 Å².